The maximum atomic E-state index is 12.3. The minimum Gasteiger partial charge on any atom is -0.469 e. The van der Waals surface area contributed by atoms with E-state index in [9.17, 15) is 8.42 Å². The molecule has 0 bridgehead atoms. The molecule has 6 heteroatoms. The minimum atomic E-state index is -3.52. The van der Waals surface area contributed by atoms with Crippen LogP contribution in [0.15, 0.2) is 52.0 Å². The van der Waals surface area contributed by atoms with E-state index in [0.717, 1.165) is 5.76 Å². The first kappa shape index (κ1) is 14.6. The van der Waals surface area contributed by atoms with E-state index in [1.807, 2.05) is 13.0 Å². The summed E-state index contributed by atoms with van der Waals surface area (Å²) in [6.45, 7) is 2.89. The lowest BCUT2D eigenvalue weighted by atomic mass is 10.3. The van der Waals surface area contributed by atoms with Crippen molar-refractivity contribution in [2.45, 2.75) is 18.2 Å². The normalized spacial score (nSPS) is 11.4. The van der Waals surface area contributed by atoms with Crippen LogP contribution in [0.5, 0.6) is 0 Å². The van der Waals surface area contributed by atoms with Crippen molar-refractivity contribution in [1.29, 1.82) is 0 Å². The van der Waals surface area contributed by atoms with E-state index in [1.54, 1.807) is 36.6 Å². The molecule has 1 aromatic carbocycles. The third-order valence-electron chi connectivity index (χ3n) is 2.79. The Labute approximate surface area is 119 Å². The number of para-hydroxylation sites is 1. The van der Waals surface area contributed by atoms with Gasteiger partial charge in [-0.1, -0.05) is 12.1 Å². The van der Waals surface area contributed by atoms with Crippen LogP contribution < -0.4 is 10.0 Å². The fraction of sp³-hybridized carbons (Fsp3) is 0.286. The van der Waals surface area contributed by atoms with Crippen LogP contribution in [-0.4, -0.2) is 21.5 Å². The van der Waals surface area contributed by atoms with Gasteiger partial charge in [-0.05, 0) is 31.2 Å². The first-order valence-corrected chi connectivity index (χ1v) is 7.97. The molecule has 0 aliphatic carbocycles. The lowest BCUT2D eigenvalue weighted by Gasteiger charge is -2.11. The van der Waals surface area contributed by atoms with Gasteiger partial charge in [-0.15, -0.1) is 0 Å². The Hall–Kier alpha value is -1.79. The van der Waals surface area contributed by atoms with Gasteiger partial charge in [-0.3, -0.25) is 0 Å². The lowest BCUT2D eigenvalue weighted by molar-refractivity contribution is 0.506. The maximum Gasteiger partial charge on any atom is 0.242 e. The third-order valence-corrected chi connectivity index (χ3v) is 4.31. The fourth-order valence-corrected chi connectivity index (χ4v) is 3.09. The summed E-state index contributed by atoms with van der Waals surface area (Å²) in [5.41, 5.74) is 0.612. The molecule has 0 radical (unpaired) electrons. The van der Waals surface area contributed by atoms with Crippen molar-refractivity contribution in [3.8, 4) is 0 Å². The summed E-state index contributed by atoms with van der Waals surface area (Å²) in [6, 6.07) is 10.5. The van der Waals surface area contributed by atoms with Crippen molar-refractivity contribution >= 4 is 15.7 Å². The van der Waals surface area contributed by atoms with E-state index < -0.39 is 10.0 Å². The summed E-state index contributed by atoms with van der Waals surface area (Å²) in [6.07, 6.45) is 2.10. The van der Waals surface area contributed by atoms with Crippen molar-refractivity contribution < 1.29 is 12.8 Å². The SMILES string of the molecule is CCNc1ccccc1S(=O)(=O)NCCc1ccco1. The van der Waals surface area contributed by atoms with Crippen molar-refractivity contribution in [2.75, 3.05) is 18.4 Å². The summed E-state index contributed by atoms with van der Waals surface area (Å²) in [5.74, 6) is 0.757. The molecule has 108 valence electrons. The van der Waals surface area contributed by atoms with Gasteiger partial charge in [-0.2, -0.15) is 0 Å². The zero-order chi connectivity index (χ0) is 14.4. The van der Waals surface area contributed by atoms with E-state index in [2.05, 4.69) is 10.0 Å². The zero-order valence-corrected chi connectivity index (χ0v) is 12.1. The van der Waals surface area contributed by atoms with Gasteiger partial charge in [-0.25, -0.2) is 13.1 Å². The molecule has 0 saturated carbocycles. The molecule has 0 aliphatic heterocycles. The molecule has 2 N–H and O–H groups in total. The summed E-state index contributed by atoms with van der Waals surface area (Å²) in [4.78, 5) is 0.265. The Balaban J connectivity index is 2.06. The molecule has 1 aromatic heterocycles. The summed E-state index contributed by atoms with van der Waals surface area (Å²) < 4.78 is 32.3. The Kier molecular flexibility index (Phi) is 4.81. The van der Waals surface area contributed by atoms with Crippen LogP contribution in [0.3, 0.4) is 0 Å². The molecule has 1 heterocycles. The molecular formula is C14H18N2O3S. The highest BCUT2D eigenvalue weighted by Gasteiger charge is 2.17. The predicted octanol–water partition coefficient (Wildman–Crippen LogP) is 2.23. The maximum absolute atomic E-state index is 12.3. The number of hydrogen-bond acceptors (Lipinski definition) is 4. The highest BCUT2D eigenvalue weighted by molar-refractivity contribution is 7.89. The van der Waals surface area contributed by atoms with E-state index in [1.165, 1.54) is 0 Å². The predicted molar refractivity (Wildman–Crippen MR) is 78.2 cm³/mol. The van der Waals surface area contributed by atoms with E-state index in [4.69, 9.17) is 4.42 Å². The van der Waals surface area contributed by atoms with Gasteiger partial charge >= 0.3 is 0 Å². The van der Waals surface area contributed by atoms with E-state index >= 15 is 0 Å². The number of nitrogens with one attached hydrogen (secondary N) is 2. The van der Waals surface area contributed by atoms with Crippen molar-refractivity contribution in [1.82, 2.24) is 4.72 Å². The van der Waals surface area contributed by atoms with Gasteiger partial charge in [0.25, 0.3) is 0 Å². The molecule has 20 heavy (non-hydrogen) atoms. The van der Waals surface area contributed by atoms with Crippen LogP contribution in [0.4, 0.5) is 5.69 Å². The fourth-order valence-electron chi connectivity index (χ4n) is 1.88. The Morgan fingerprint density at radius 3 is 2.65 bits per heavy atom. The van der Waals surface area contributed by atoms with E-state index in [0.29, 0.717) is 25.2 Å². The molecule has 0 fully saturated rings. The van der Waals surface area contributed by atoms with Crippen LogP contribution in [0.2, 0.25) is 0 Å². The second kappa shape index (κ2) is 6.58. The molecule has 2 aromatic rings. The van der Waals surface area contributed by atoms with Crippen LogP contribution in [0.25, 0.3) is 0 Å². The minimum absolute atomic E-state index is 0.265. The van der Waals surface area contributed by atoms with Gasteiger partial charge in [0.15, 0.2) is 0 Å². The first-order chi connectivity index (χ1) is 9.63. The number of rotatable bonds is 7. The molecule has 0 atom stereocenters. The van der Waals surface area contributed by atoms with Crippen LogP contribution in [0, 0.1) is 0 Å². The molecule has 5 nitrogen and oxygen atoms in total. The van der Waals surface area contributed by atoms with Crippen LogP contribution in [-0.2, 0) is 16.4 Å². The van der Waals surface area contributed by atoms with Gasteiger partial charge in [0, 0.05) is 19.5 Å². The van der Waals surface area contributed by atoms with E-state index in [-0.39, 0.29) is 4.90 Å². The number of hydrogen-bond donors (Lipinski definition) is 2. The summed E-state index contributed by atoms with van der Waals surface area (Å²) in [7, 11) is -3.52. The number of sulfonamides is 1. The molecule has 0 amide bonds. The smallest absolute Gasteiger partial charge is 0.242 e. The average molecular weight is 294 g/mol. The standard InChI is InChI=1S/C14H18N2O3S/c1-2-15-13-7-3-4-8-14(13)20(17,18)16-10-9-12-6-5-11-19-12/h3-8,11,15-16H,2,9-10H2,1H3. The average Bonchev–Trinajstić information content (AvgIpc) is 2.92. The number of furan rings is 1. The molecule has 0 saturated heterocycles. The largest absolute Gasteiger partial charge is 0.469 e. The number of benzene rings is 1. The molecule has 2 rings (SSSR count). The monoisotopic (exact) mass is 294 g/mol. The lowest BCUT2D eigenvalue weighted by Crippen LogP contribution is -2.26. The summed E-state index contributed by atoms with van der Waals surface area (Å²) >= 11 is 0. The summed E-state index contributed by atoms with van der Waals surface area (Å²) in [5, 5.41) is 3.05. The van der Waals surface area contributed by atoms with Gasteiger partial charge in [0.05, 0.1) is 12.0 Å². The van der Waals surface area contributed by atoms with Gasteiger partial charge in [0.1, 0.15) is 10.7 Å². The van der Waals surface area contributed by atoms with Crippen LogP contribution >= 0.6 is 0 Å². The molecule has 0 unspecified atom stereocenters. The second-order valence-electron chi connectivity index (χ2n) is 4.25. The van der Waals surface area contributed by atoms with Crippen molar-refractivity contribution in [2.24, 2.45) is 0 Å². The Bertz CT molecular complexity index is 636. The first-order valence-electron chi connectivity index (χ1n) is 6.48. The molecule has 0 aliphatic rings. The highest BCUT2D eigenvalue weighted by Crippen LogP contribution is 2.20. The van der Waals surface area contributed by atoms with Crippen molar-refractivity contribution in [3.05, 3.63) is 48.4 Å². The Morgan fingerprint density at radius 1 is 1.15 bits per heavy atom. The quantitative estimate of drug-likeness (QED) is 0.821. The number of anilines is 1. The zero-order valence-electron chi connectivity index (χ0n) is 11.3. The van der Waals surface area contributed by atoms with Crippen molar-refractivity contribution in [3.63, 3.8) is 0 Å². The third kappa shape index (κ3) is 3.61. The highest BCUT2D eigenvalue weighted by atomic mass is 32.2. The molecular weight excluding hydrogens is 276 g/mol. The van der Waals surface area contributed by atoms with Gasteiger partial charge < -0.3 is 9.73 Å². The van der Waals surface area contributed by atoms with Crippen LogP contribution in [0.1, 0.15) is 12.7 Å². The molecule has 0 spiro atoms. The second-order valence-corrected chi connectivity index (χ2v) is 5.99. The Morgan fingerprint density at radius 2 is 1.95 bits per heavy atom. The van der Waals surface area contributed by atoms with Gasteiger partial charge in [0.2, 0.25) is 10.0 Å². The topological polar surface area (TPSA) is 71.3 Å².